The average molecular weight is 294 g/mol. The van der Waals surface area contributed by atoms with Crippen molar-refractivity contribution in [2.24, 2.45) is 5.92 Å². The summed E-state index contributed by atoms with van der Waals surface area (Å²) < 4.78 is 10.4. The molecule has 1 aromatic heterocycles. The lowest BCUT2D eigenvalue weighted by atomic mass is 10.1. The fourth-order valence-corrected chi connectivity index (χ4v) is 2.24. The molecule has 0 aromatic carbocycles. The highest BCUT2D eigenvalue weighted by Gasteiger charge is 2.33. The summed E-state index contributed by atoms with van der Waals surface area (Å²) in [5, 5.41) is 6.43. The Morgan fingerprint density at radius 2 is 2.19 bits per heavy atom. The molecule has 5 heteroatoms. The van der Waals surface area contributed by atoms with Crippen molar-refractivity contribution in [3.8, 4) is 0 Å². The van der Waals surface area contributed by atoms with Gasteiger partial charge in [-0.25, -0.2) is 4.79 Å². The van der Waals surface area contributed by atoms with Gasteiger partial charge in [0.25, 0.3) is 0 Å². The number of ether oxygens (including phenoxy) is 1. The molecule has 0 radical (unpaired) electrons. The van der Waals surface area contributed by atoms with E-state index in [-0.39, 0.29) is 18.2 Å². The molecule has 0 aliphatic heterocycles. The van der Waals surface area contributed by atoms with Gasteiger partial charge in [-0.2, -0.15) is 0 Å². The SMILES string of the molecule is CC(NCC(NC(=O)OC(C)(C)C)C1CC1)c1ccoc1. The molecule has 1 aliphatic rings. The van der Waals surface area contributed by atoms with Crippen molar-refractivity contribution in [3.63, 3.8) is 0 Å². The second-order valence-electron chi connectivity index (χ2n) is 6.78. The molecule has 1 saturated carbocycles. The Morgan fingerprint density at radius 3 is 2.71 bits per heavy atom. The van der Waals surface area contributed by atoms with Gasteiger partial charge in [0, 0.05) is 24.2 Å². The normalized spacial score (nSPS) is 18.1. The summed E-state index contributed by atoms with van der Waals surface area (Å²) in [6.45, 7) is 8.44. The first kappa shape index (κ1) is 15.9. The van der Waals surface area contributed by atoms with Crippen molar-refractivity contribution in [3.05, 3.63) is 24.2 Å². The van der Waals surface area contributed by atoms with Crippen molar-refractivity contribution in [2.45, 2.75) is 58.2 Å². The van der Waals surface area contributed by atoms with Crippen molar-refractivity contribution >= 4 is 6.09 Å². The summed E-state index contributed by atoms with van der Waals surface area (Å²) in [5.41, 5.74) is 0.650. The number of alkyl carbamates (subject to hydrolysis) is 1. The van der Waals surface area contributed by atoms with Crippen molar-refractivity contribution in [1.29, 1.82) is 0 Å². The summed E-state index contributed by atoms with van der Waals surface area (Å²) in [7, 11) is 0. The molecule has 118 valence electrons. The van der Waals surface area contributed by atoms with Crippen LogP contribution in [-0.4, -0.2) is 24.3 Å². The molecule has 1 amide bonds. The Labute approximate surface area is 126 Å². The third-order valence-corrected chi connectivity index (χ3v) is 3.58. The van der Waals surface area contributed by atoms with Crippen LogP contribution >= 0.6 is 0 Å². The number of hydrogen-bond donors (Lipinski definition) is 2. The molecule has 1 aliphatic carbocycles. The zero-order chi connectivity index (χ0) is 15.5. The van der Waals surface area contributed by atoms with Gasteiger partial charge in [-0.05, 0) is 52.5 Å². The van der Waals surface area contributed by atoms with Gasteiger partial charge < -0.3 is 19.8 Å². The van der Waals surface area contributed by atoms with Crippen LogP contribution in [0.25, 0.3) is 0 Å². The van der Waals surface area contributed by atoms with Crippen molar-refractivity contribution in [2.75, 3.05) is 6.54 Å². The molecule has 2 N–H and O–H groups in total. The second-order valence-corrected chi connectivity index (χ2v) is 6.78. The summed E-state index contributed by atoms with van der Waals surface area (Å²) in [4.78, 5) is 11.9. The lowest BCUT2D eigenvalue weighted by Gasteiger charge is -2.25. The molecule has 2 atom stereocenters. The second kappa shape index (κ2) is 6.52. The van der Waals surface area contributed by atoms with Crippen LogP contribution in [-0.2, 0) is 4.74 Å². The fraction of sp³-hybridized carbons (Fsp3) is 0.688. The Bertz CT molecular complexity index is 447. The van der Waals surface area contributed by atoms with Gasteiger partial charge in [0.2, 0.25) is 0 Å². The van der Waals surface area contributed by atoms with E-state index in [0.717, 1.165) is 12.1 Å². The van der Waals surface area contributed by atoms with Crippen LogP contribution in [0, 0.1) is 5.92 Å². The smallest absolute Gasteiger partial charge is 0.407 e. The maximum Gasteiger partial charge on any atom is 0.407 e. The minimum Gasteiger partial charge on any atom is -0.472 e. The van der Waals surface area contributed by atoms with Gasteiger partial charge in [-0.15, -0.1) is 0 Å². The van der Waals surface area contributed by atoms with Crippen LogP contribution in [0.2, 0.25) is 0 Å². The van der Waals surface area contributed by atoms with E-state index in [4.69, 9.17) is 9.15 Å². The molecule has 21 heavy (non-hydrogen) atoms. The number of hydrogen-bond acceptors (Lipinski definition) is 4. The fourth-order valence-electron chi connectivity index (χ4n) is 2.24. The first-order valence-corrected chi connectivity index (χ1v) is 7.60. The number of rotatable bonds is 6. The molecular weight excluding hydrogens is 268 g/mol. The van der Waals surface area contributed by atoms with E-state index >= 15 is 0 Å². The molecule has 5 nitrogen and oxygen atoms in total. The Hall–Kier alpha value is -1.49. The summed E-state index contributed by atoms with van der Waals surface area (Å²) in [6, 6.07) is 2.27. The van der Waals surface area contributed by atoms with Crippen LogP contribution in [0.4, 0.5) is 4.79 Å². The van der Waals surface area contributed by atoms with E-state index in [1.807, 2.05) is 26.8 Å². The number of furan rings is 1. The molecule has 0 spiro atoms. The minimum absolute atomic E-state index is 0.120. The lowest BCUT2D eigenvalue weighted by molar-refractivity contribution is 0.0497. The van der Waals surface area contributed by atoms with Gasteiger partial charge in [0.1, 0.15) is 5.60 Å². The first-order valence-electron chi connectivity index (χ1n) is 7.60. The zero-order valence-corrected chi connectivity index (χ0v) is 13.3. The minimum atomic E-state index is -0.463. The number of carbonyl (C=O) groups is 1. The van der Waals surface area contributed by atoms with Gasteiger partial charge in [-0.1, -0.05) is 0 Å². The number of nitrogens with one attached hydrogen (secondary N) is 2. The third kappa shape index (κ3) is 5.42. The summed E-state index contributed by atoms with van der Waals surface area (Å²) >= 11 is 0. The average Bonchev–Trinajstić information content (AvgIpc) is 3.06. The molecular formula is C16H26N2O3. The number of carbonyl (C=O) groups excluding carboxylic acids is 1. The lowest BCUT2D eigenvalue weighted by Crippen LogP contribution is -2.45. The molecule has 0 saturated heterocycles. The van der Waals surface area contributed by atoms with E-state index in [2.05, 4.69) is 17.6 Å². The van der Waals surface area contributed by atoms with E-state index in [0.29, 0.717) is 5.92 Å². The predicted molar refractivity (Wildman–Crippen MR) is 81.0 cm³/mol. The predicted octanol–water partition coefficient (Wildman–Crippen LogP) is 3.23. The Balaban J connectivity index is 1.81. The highest BCUT2D eigenvalue weighted by atomic mass is 16.6. The summed E-state index contributed by atoms with van der Waals surface area (Å²) in [6.07, 6.45) is 5.41. The van der Waals surface area contributed by atoms with Crippen LogP contribution in [0.5, 0.6) is 0 Å². The molecule has 1 aromatic rings. The largest absolute Gasteiger partial charge is 0.472 e. The molecule has 2 rings (SSSR count). The topological polar surface area (TPSA) is 63.5 Å². The molecule has 1 fully saturated rings. The first-order chi connectivity index (χ1) is 9.85. The Kier molecular flexibility index (Phi) is 4.93. The van der Waals surface area contributed by atoms with Crippen molar-refractivity contribution in [1.82, 2.24) is 10.6 Å². The zero-order valence-electron chi connectivity index (χ0n) is 13.3. The quantitative estimate of drug-likeness (QED) is 0.845. The van der Waals surface area contributed by atoms with Gasteiger partial charge in [-0.3, -0.25) is 0 Å². The van der Waals surface area contributed by atoms with E-state index in [1.54, 1.807) is 12.5 Å². The standard InChI is InChI=1S/C16H26N2O3/c1-11(13-7-8-20-10-13)17-9-14(12-5-6-12)18-15(19)21-16(2,3)4/h7-8,10-12,14,17H,5-6,9H2,1-4H3,(H,18,19). The van der Waals surface area contributed by atoms with Gasteiger partial charge in [0.15, 0.2) is 0 Å². The van der Waals surface area contributed by atoms with Crippen molar-refractivity contribution < 1.29 is 13.9 Å². The maximum atomic E-state index is 11.9. The van der Waals surface area contributed by atoms with E-state index < -0.39 is 5.60 Å². The van der Waals surface area contributed by atoms with E-state index in [1.165, 1.54) is 12.8 Å². The Morgan fingerprint density at radius 1 is 1.48 bits per heavy atom. The van der Waals surface area contributed by atoms with Crippen LogP contribution in [0.15, 0.2) is 23.0 Å². The molecule has 1 heterocycles. The molecule has 0 bridgehead atoms. The van der Waals surface area contributed by atoms with E-state index in [9.17, 15) is 4.79 Å². The molecule has 2 unspecified atom stereocenters. The highest BCUT2D eigenvalue weighted by molar-refractivity contribution is 5.68. The summed E-state index contributed by atoms with van der Waals surface area (Å²) in [5.74, 6) is 0.557. The van der Waals surface area contributed by atoms with Crippen LogP contribution in [0.3, 0.4) is 0 Å². The van der Waals surface area contributed by atoms with Crippen LogP contribution in [0.1, 0.15) is 52.1 Å². The highest BCUT2D eigenvalue weighted by Crippen LogP contribution is 2.32. The van der Waals surface area contributed by atoms with Gasteiger partial charge >= 0.3 is 6.09 Å². The number of amides is 1. The monoisotopic (exact) mass is 294 g/mol. The maximum absolute atomic E-state index is 11.9. The van der Waals surface area contributed by atoms with Crippen LogP contribution < -0.4 is 10.6 Å². The van der Waals surface area contributed by atoms with Gasteiger partial charge in [0.05, 0.1) is 12.5 Å². The third-order valence-electron chi connectivity index (χ3n) is 3.58.